The Labute approximate surface area is 46.5 Å². The van der Waals surface area contributed by atoms with Crippen molar-refractivity contribution in [3.8, 4) is 6.07 Å². The highest BCUT2D eigenvalue weighted by atomic mass is 19.3. The van der Waals surface area contributed by atoms with Gasteiger partial charge in [-0.1, -0.05) is 6.58 Å². The summed E-state index contributed by atoms with van der Waals surface area (Å²) in [4.78, 5) is 0. The van der Waals surface area contributed by atoms with Crippen molar-refractivity contribution in [1.29, 1.82) is 5.26 Å². The second kappa shape index (κ2) is 9.27. The summed E-state index contributed by atoms with van der Waals surface area (Å²) in [6.45, 7) is 5.34. The molecule has 44 valence electrons. The van der Waals surface area contributed by atoms with Crippen molar-refractivity contribution in [2.24, 2.45) is 0 Å². The van der Waals surface area contributed by atoms with Crippen LogP contribution in [0.1, 0.15) is 0 Å². The number of nitriles is 1. The average molecular weight is 117 g/mol. The fraction of sp³-hybridized carbons (Fsp3) is 0. The smallest absolute Gasteiger partial charge is 0.193 e. The standard InChI is InChI=1S/C3H3N.C2H2F2/c1-2-3-4;1-2(3)4/h2H,1H2;1H2. The zero-order chi connectivity index (χ0) is 6.99. The van der Waals surface area contributed by atoms with E-state index in [0.29, 0.717) is 0 Å². The van der Waals surface area contributed by atoms with Gasteiger partial charge in [0.05, 0.1) is 6.07 Å². The molecule has 8 heavy (non-hydrogen) atoms. The number of halogens is 2. The predicted molar refractivity (Wildman–Crippen MR) is 27.2 cm³/mol. The zero-order valence-electron chi connectivity index (χ0n) is 4.19. The first-order valence-electron chi connectivity index (χ1n) is 1.65. The largest absolute Gasteiger partial charge is 0.263 e. The van der Waals surface area contributed by atoms with Crippen LogP contribution in [-0.4, -0.2) is 0 Å². The molecule has 0 aliphatic rings. The van der Waals surface area contributed by atoms with Crippen LogP contribution in [-0.2, 0) is 0 Å². The van der Waals surface area contributed by atoms with Crippen LogP contribution in [0.4, 0.5) is 8.78 Å². The van der Waals surface area contributed by atoms with Gasteiger partial charge in [0.15, 0.2) is 0 Å². The lowest BCUT2D eigenvalue weighted by Crippen LogP contribution is -1.33. The lowest BCUT2D eigenvalue weighted by Gasteiger charge is -1.54. The first-order valence-corrected chi connectivity index (χ1v) is 1.65. The van der Waals surface area contributed by atoms with E-state index < -0.39 is 6.08 Å². The maximum absolute atomic E-state index is 10.1. The molecular formula is C5H5F2N. The second-order valence-corrected chi connectivity index (χ2v) is 0.672. The Hall–Kier alpha value is -1.17. The lowest BCUT2D eigenvalue weighted by molar-refractivity contribution is 0.426. The van der Waals surface area contributed by atoms with Gasteiger partial charge in [0.2, 0.25) is 0 Å². The van der Waals surface area contributed by atoms with E-state index in [4.69, 9.17) is 5.26 Å². The Bertz CT molecular complexity index is 108. The second-order valence-electron chi connectivity index (χ2n) is 0.672. The van der Waals surface area contributed by atoms with Gasteiger partial charge in [0, 0.05) is 6.08 Å². The van der Waals surface area contributed by atoms with Crippen LogP contribution in [0.3, 0.4) is 0 Å². The quantitative estimate of drug-likeness (QED) is 0.445. The van der Waals surface area contributed by atoms with Crippen molar-refractivity contribution < 1.29 is 8.78 Å². The molecule has 0 heterocycles. The van der Waals surface area contributed by atoms with Gasteiger partial charge >= 0.3 is 0 Å². The van der Waals surface area contributed by atoms with Crippen LogP contribution in [0.5, 0.6) is 0 Å². The maximum atomic E-state index is 10.1. The van der Waals surface area contributed by atoms with Crippen LogP contribution < -0.4 is 0 Å². The number of allylic oxidation sites excluding steroid dienone is 1. The Morgan fingerprint density at radius 1 is 1.62 bits per heavy atom. The Kier molecular flexibility index (Phi) is 11.5. The van der Waals surface area contributed by atoms with Crippen LogP contribution in [0.2, 0.25) is 0 Å². The summed E-state index contributed by atoms with van der Waals surface area (Å²) < 4.78 is 20.3. The average Bonchev–Trinajstić information content (AvgIpc) is 1.65. The molecule has 1 nitrogen and oxygen atoms in total. The molecule has 0 aromatic heterocycles. The molecule has 0 amide bonds. The van der Waals surface area contributed by atoms with Crippen LogP contribution >= 0.6 is 0 Å². The number of nitrogens with zero attached hydrogens (tertiary/aromatic N) is 1. The molecule has 0 spiro atoms. The Morgan fingerprint density at radius 2 is 1.75 bits per heavy atom. The number of hydrogen-bond acceptors (Lipinski definition) is 1. The molecule has 0 saturated carbocycles. The van der Waals surface area contributed by atoms with Crippen molar-refractivity contribution in [3.63, 3.8) is 0 Å². The summed E-state index contributed by atoms with van der Waals surface area (Å²) in [5, 5.41) is 7.51. The Balaban J connectivity index is 0. The van der Waals surface area contributed by atoms with Crippen LogP contribution in [0.15, 0.2) is 25.3 Å². The van der Waals surface area contributed by atoms with Gasteiger partial charge in [-0.05, 0) is 6.58 Å². The van der Waals surface area contributed by atoms with E-state index in [0.717, 1.165) is 0 Å². The van der Waals surface area contributed by atoms with E-state index in [1.54, 1.807) is 6.07 Å². The Morgan fingerprint density at radius 3 is 1.75 bits per heavy atom. The summed E-state index contributed by atoms with van der Waals surface area (Å²) >= 11 is 0. The van der Waals surface area contributed by atoms with Gasteiger partial charge in [0.25, 0.3) is 6.08 Å². The van der Waals surface area contributed by atoms with Gasteiger partial charge in [-0.15, -0.1) is 0 Å². The van der Waals surface area contributed by atoms with Crippen LogP contribution in [0.25, 0.3) is 0 Å². The minimum Gasteiger partial charge on any atom is -0.193 e. The van der Waals surface area contributed by atoms with Gasteiger partial charge in [-0.2, -0.15) is 14.0 Å². The third-order valence-electron chi connectivity index (χ3n) is 0.0913. The molecule has 0 bridgehead atoms. The molecule has 0 rings (SSSR count). The van der Waals surface area contributed by atoms with Gasteiger partial charge in [-0.3, -0.25) is 0 Å². The first kappa shape index (κ1) is 9.95. The molecule has 0 aromatic rings. The van der Waals surface area contributed by atoms with Gasteiger partial charge in [0.1, 0.15) is 0 Å². The number of rotatable bonds is 0. The molecule has 3 heteroatoms. The van der Waals surface area contributed by atoms with E-state index in [1.807, 2.05) is 0 Å². The number of hydrogen-bond donors (Lipinski definition) is 0. The molecule has 0 N–H and O–H groups in total. The highest BCUT2D eigenvalue weighted by molar-refractivity contribution is 4.93. The molecular weight excluding hydrogens is 112 g/mol. The molecule has 0 aromatic carbocycles. The molecule has 0 fully saturated rings. The fourth-order valence-corrected chi connectivity index (χ4v) is 0. The summed E-state index contributed by atoms with van der Waals surface area (Å²) in [5.41, 5.74) is 0. The van der Waals surface area contributed by atoms with Crippen molar-refractivity contribution >= 4 is 0 Å². The highest BCUT2D eigenvalue weighted by Gasteiger charge is 1.65. The molecule has 0 saturated heterocycles. The van der Waals surface area contributed by atoms with Crippen LogP contribution in [0, 0.1) is 11.3 Å². The van der Waals surface area contributed by atoms with Crippen molar-refractivity contribution in [2.75, 3.05) is 0 Å². The first-order chi connectivity index (χ1) is 3.65. The SMILES string of the molecule is C=C(F)F.C=CC#N. The monoisotopic (exact) mass is 117 g/mol. The van der Waals surface area contributed by atoms with E-state index in [9.17, 15) is 8.78 Å². The summed E-state index contributed by atoms with van der Waals surface area (Å²) in [7, 11) is 0. The maximum Gasteiger partial charge on any atom is 0.263 e. The van der Waals surface area contributed by atoms with Gasteiger partial charge < -0.3 is 0 Å². The minimum atomic E-state index is -1.83. The third kappa shape index (κ3) is 2450. The van der Waals surface area contributed by atoms with Crippen molar-refractivity contribution in [1.82, 2.24) is 0 Å². The van der Waals surface area contributed by atoms with Gasteiger partial charge in [-0.25, -0.2) is 0 Å². The van der Waals surface area contributed by atoms with E-state index in [-0.39, 0.29) is 0 Å². The highest BCUT2D eigenvalue weighted by Crippen LogP contribution is 1.85. The molecule has 0 aliphatic carbocycles. The molecule has 0 radical (unpaired) electrons. The third-order valence-corrected chi connectivity index (χ3v) is 0.0913. The minimum absolute atomic E-state index is 1.18. The lowest BCUT2D eigenvalue weighted by atomic mass is 10.8. The molecule has 0 unspecified atom stereocenters. The summed E-state index contributed by atoms with van der Waals surface area (Å²) in [6, 6.07) is 1.69. The fourth-order valence-electron chi connectivity index (χ4n) is 0. The molecule has 0 atom stereocenters. The van der Waals surface area contributed by atoms with E-state index in [2.05, 4.69) is 13.2 Å². The predicted octanol–water partition coefficient (Wildman–Crippen LogP) is 2.09. The molecule has 0 aliphatic heterocycles. The summed E-state index contributed by atoms with van der Waals surface area (Å²) in [6.07, 6.45) is -0.653. The van der Waals surface area contributed by atoms with E-state index >= 15 is 0 Å². The normalized spacial score (nSPS) is 5.12. The zero-order valence-corrected chi connectivity index (χ0v) is 4.19. The topological polar surface area (TPSA) is 23.8 Å². The summed E-state index contributed by atoms with van der Waals surface area (Å²) in [5.74, 6) is 0. The van der Waals surface area contributed by atoms with E-state index in [1.165, 1.54) is 6.08 Å². The van der Waals surface area contributed by atoms with Crippen molar-refractivity contribution in [2.45, 2.75) is 0 Å². The van der Waals surface area contributed by atoms with Crippen molar-refractivity contribution in [3.05, 3.63) is 25.3 Å².